The van der Waals surface area contributed by atoms with Crippen LogP contribution in [-0.4, -0.2) is 37.7 Å². The van der Waals surface area contributed by atoms with Crippen molar-refractivity contribution in [1.82, 2.24) is 0 Å². The molecule has 0 saturated carbocycles. The maximum atomic E-state index is 14.1. The van der Waals surface area contributed by atoms with Gasteiger partial charge in [-0.2, -0.15) is 17.6 Å². The number of halogens is 6. The molecule has 3 rings (SSSR count). The monoisotopic (exact) mass is 630 g/mol. The SMILES string of the molecule is C=C(C)C(=O)OCCC(F)(F)OC(F)(F)OC(F)(F)CCOc1ccc2cc(-c3ccc(CCCCC)cc3CC)oc2c1. The number of furan rings is 1. The molecule has 0 spiro atoms. The number of ether oxygens (including phenoxy) is 4. The third kappa shape index (κ3) is 10.6. The molecule has 6 nitrogen and oxygen atoms in total. The molecule has 0 aliphatic carbocycles. The Labute approximate surface area is 251 Å². The molecule has 44 heavy (non-hydrogen) atoms. The fourth-order valence-corrected chi connectivity index (χ4v) is 4.29. The summed E-state index contributed by atoms with van der Waals surface area (Å²) in [7, 11) is 0. The number of hydrogen-bond donors (Lipinski definition) is 0. The summed E-state index contributed by atoms with van der Waals surface area (Å²) in [6.07, 6.45) is -12.3. The van der Waals surface area contributed by atoms with Gasteiger partial charge in [-0.3, -0.25) is 0 Å². The maximum absolute atomic E-state index is 14.1. The highest BCUT2D eigenvalue weighted by Crippen LogP contribution is 2.37. The Hall–Kier alpha value is -3.51. The summed E-state index contributed by atoms with van der Waals surface area (Å²) >= 11 is 0. The Morgan fingerprint density at radius 3 is 2.20 bits per heavy atom. The highest BCUT2D eigenvalue weighted by molar-refractivity contribution is 5.87. The van der Waals surface area contributed by atoms with Crippen LogP contribution >= 0.6 is 0 Å². The van der Waals surface area contributed by atoms with E-state index in [-0.39, 0.29) is 11.3 Å². The third-order valence-electron chi connectivity index (χ3n) is 6.55. The van der Waals surface area contributed by atoms with Crippen LogP contribution in [0.15, 0.2) is 59.0 Å². The standard InChI is InChI=1S/C32H36F6O6/c1-5-7-8-9-22-10-13-26(23(6-2)18-22)28-19-24-11-12-25(20-27(24)42-28)40-16-14-30(33,34)43-32(37,38)44-31(35,36)15-17-41-29(39)21(3)4/h10-13,18-20H,3,5-9,14-17H2,1-2,4H3. The number of unbranched alkanes of at least 4 members (excludes halogenated alkanes) is 2. The van der Waals surface area contributed by atoms with Crippen molar-refractivity contribution < 1.29 is 54.5 Å². The van der Waals surface area contributed by atoms with Gasteiger partial charge < -0.3 is 13.9 Å². The number of carbonyl (C=O) groups is 1. The molecule has 0 fully saturated rings. The van der Waals surface area contributed by atoms with Crippen molar-refractivity contribution in [2.24, 2.45) is 0 Å². The van der Waals surface area contributed by atoms with Crippen LogP contribution in [0.4, 0.5) is 26.3 Å². The molecule has 0 radical (unpaired) electrons. The first kappa shape index (κ1) is 35.0. The second-order valence-electron chi connectivity index (χ2n) is 10.3. The average molecular weight is 631 g/mol. The predicted octanol–water partition coefficient (Wildman–Crippen LogP) is 9.44. The van der Waals surface area contributed by atoms with E-state index >= 15 is 0 Å². The average Bonchev–Trinajstić information content (AvgIpc) is 3.34. The van der Waals surface area contributed by atoms with Gasteiger partial charge in [0, 0.05) is 22.6 Å². The molecule has 0 aliphatic rings. The van der Waals surface area contributed by atoms with Crippen LogP contribution in [0.1, 0.15) is 64.0 Å². The smallest absolute Gasteiger partial charge is 0.493 e. The van der Waals surface area contributed by atoms with Gasteiger partial charge in [0.25, 0.3) is 0 Å². The molecule has 12 heteroatoms. The van der Waals surface area contributed by atoms with Crippen molar-refractivity contribution >= 4 is 16.9 Å². The van der Waals surface area contributed by atoms with Crippen LogP contribution in [0.25, 0.3) is 22.3 Å². The maximum Gasteiger partial charge on any atom is 0.494 e. The molecule has 1 aromatic heterocycles. The van der Waals surface area contributed by atoms with Gasteiger partial charge in [-0.15, -0.1) is 8.78 Å². The van der Waals surface area contributed by atoms with Gasteiger partial charge in [0.1, 0.15) is 17.1 Å². The van der Waals surface area contributed by atoms with Crippen LogP contribution in [0.2, 0.25) is 0 Å². The predicted molar refractivity (Wildman–Crippen MR) is 152 cm³/mol. The molecule has 0 bridgehead atoms. The number of aryl methyl sites for hydroxylation is 2. The first-order chi connectivity index (χ1) is 20.6. The van der Waals surface area contributed by atoms with Gasteiger partial charge in [-0.25, -0.2) is 14.3 Å². The topological polar surface area (TPSA) is 67.1 Å². The fourth-order valence-electron chi connectivity index (χ4n) is 4.29. The number of benzene rings is 2. The lowest BCUT2D eigenvalue weighted by atomic mass is 9.97. The zero-order chi connectivity index (χ0) is 32.5. The van der Waals surface area contributed by atoms with Crippen molar-refractivity contribution in [2.45, 2.75) is 84.2 Å². The van der Waals surface area contributed by atoms with Crippen LogP contribution in [0, 0.1) is 0 Å². The van der Waals surface area contributed by atoms with Gasteiger partial charge in [0.2, 0.25) is 0 Å². The first-order valence-electron chi connectivity index (χ1n) is 14.3. The van der Waals surface area contributed by atoms with E-state index in [0.717, 1.165) is 42.2 Å². The Kier molecular flexibility index (Phi) is 11.9. The summed E-state index contributed by atoms with van der Waals surface area (Å²) in [6.45, 7) is 6.86. The third-order valence-corrected chi connectivity index (χ3v) is 6.55. The van der Waals surface area contributed by atoms with Crippen LogP contribution in [0.5, 0.6) is 5.75 Å². The molecule has 242 valence electrons. The largest absolute Gasteiger partial charge is 0.494 e. The van der Waals surface area contributed by atoms with E-state index in [1.807, 2.05) is 12.1 Å². The lowest BCUT2D eigenvalue weighted by Gasteiger charge is -2.26. The molecule has 0 unspecified atom stereocenters. The Morgan fingerprint density at radius 2 is 1.57 bits per heavy atom. The summed E-state index contributed by atoms with van der Waals surface area (Å²) in [5, 5.41) is 0.738. The van der Waals surface area contributed by atoms with Crippen LogP contribution in [0.3, 0.4) is 0 Å². The van der Waals surface area contributed by atoms with Crippen molar-refractivity contribution in [3.8, 4) is 17.1 Å². The van der Waals surface area contributed by atoms with Gasteiger partial charge >= 0.3 is 24.5 Å². The van der Waals surface area contributed by atoms with E-state index in [1.54, 1.807) is 6.07 Å². The molecule has 2 aromatic carbocycles. The minimum Gasteiger partial charge on any atom is -0.493 e. The minimum absolute atomic E-state index is 0.109. The van der Waals surface area contributed by atoms with E-state index < -0.39 is 50.5 Å². The number of hydrogen-bond acceptors (Lipinski definition) is 6. The van der Waals surface area contributed by atoms with E-state index in [2.05, 4.69) is 46.8 Å². The van der Waals surface area contributed by atoms with E-state index in [1.165, 1.54) is 31.0 Å². The molecule has 0 aliphatic heterocycles. The molecule has 3 aromatic rings. The van der Waals surface area contributed by atoms with Crippen LogP contribution in [-0.2, 0) is 31.8 Å². The molecular formula is C32H36F6O6. The van der Waals surface area contributed by atoms with E-state index in [0.29, 0.717) is 11.3 Å². The summed E-state index contributed by atoms with van der Waals surface area (Å²) in [4.78, 5) is 11.2. The van der Waals surface area contributed by atoms with Crippen LogP contribution < -0.4 is 4.74 Å². The Bertz CT molecular complexity index is 1420. The highest BCUT2D eigenvalue weighted by atomic mass is 19.3. The number of alkyl halides is 6. The van der Waals surface area contributed by atoms with Crippen molar-refractivity contribution in [2.75, 3.05) is 13.2 Å². The number of rotatable bonds is 18. The van der Waals surface area contributed by atoms with E-state index in [9.17, 15) is 31.1 Å². The molecule has 1 heterocycles. The van der Waals surface area contributed by atoms with Gasteiger partial charge in [0.05, 0.1) is 26.1 Å². The summed E-state index contributed by atoms with van der Waals surface area (Å²) in [6, 6.07) is 12.8. The zero-order valence-electron chi connectivity index (χ0n) is 24.8. The quantitative estimate of drug-likeness (QED) is 0.0459. The van der Waals surface area contributed by atoms with Gasteiger partial charge in [0.15, 0.2) is 0 Å². The summed E-state index contributed by atoms with van der Waals surface area (Å²) in [5.74, 6) is -0.285. The summed E-state index contributed by atoms with van der Waals surface area (Å²) in [5.41, 5.74) is 3.63. The molecule has 0 amide bonds. The number of fused-ring (bicyclic) bond motifs is 1. The normalized spacial score (nSPS) is 12.5. The number of esters is 1. The Balaban J connectivity index is 1.57. The van der Waals surface area contributed by atoms with E-state index in [4.69, 9.17) is 9.15 Å². The first-order valence-corrected chi connectivity index (χ1v) is 14.3. The van der Waals surface area contributed by atoms with Gasteiger partial charge in [-0.05, 0) is 55.5 Å². The Morgan fingerprint density at radius 1 is 0.886 bits per heavy atom. The minimum atomic E-state index is -5.36. The fraction of sp³-hybridized carbons (Fsp3) is 0.469. The lowest BCUT2D eigenvalue weighted by Crippen LogP contribution is -2.41. The summed E-state index contributed by atoms with van der Waals surface area (Å²) < 4.78 is 105. The lowest BCUT2D eigenvalue weighted by molar-refractivity contribution is -0.514. The van der Waals surface area contributed by atoms with Crippen molar-refractivity contribution in [1.29, 1.82) is 0 Å². The second kappa shape index (κ2) is 15.0. The highest BCUT2D eigenvalue weighted by Gasteiger charge is 2.52. The zero-order valence-corrected chi connectivity index (χ0v) is 24.8. The molecule has 0 saturated heterocycles. The van der Waals surface area contributed by atoms with Gasteiger partial charge in [-0.1, -0.05) is 51.5 Å². The molecule has 0 N–H and O–H groups in total. The number of carbonyl (C=O) groups excluding carboxylic acids is 1. The van der Waals surface area contributed by atoms with Crippen molar-refractivity contribution in [3.05, 3.63) is 65.7 Å². The van der Waals surface area contributed by atoms with Crippen molar-refractivity contribution in [3.63, 3.8) is 0 Å². The molecular weight excluding hydrogens is 594 g/mol. The molecule has 0 atom stereocenters. The second-order valence-corrected chi connectivity index (χ2v) is 10.3.